The molecule has 2 rings (SSSR count). The number of hydrogen-bond donors (Lipinski definition) is 2. The number of aryl methyl sites for hydroxylation is 1. The molecule has 1 aliphatic rings. The number of amides is 2. The molecule has 2 amide bonds. The number of nitrogens with zero attached hydrogens (tertiary/aromatic N) is 3. The van der Waals surface area contributed by atoms with Crippen molar-refractivity contribution in [3.8, 4) is 0 Å². The van der Waals surface area contributed by atoms with Gasteiger partial charge in [-0.2, -0.15) is 0 Å². The van der Waals surface area contributed by atoms with Crippen molar-refractivity contribution in [1.82, 2.24) is 25.6 Å². The highest BCUT2D eigenvalue weighted by Crippen LogP contribution is 2.05. The Morgan fingerprint density at radius 3 is 3.06 bits per heavy atom. The van der Waals surface area contributed by atoms with Gasteiger partial charge < -0.3 is 5.32 Å². The van der Waals surface area contributed by atoms with Gasteiger partial charge in [-0.25, -0.2) is 0 Å². The molecule has 2 heterocycles. The van der Waals surface area contributed by atoms with Crippen molar-refractivity contribution in [2.75, 3.05) is 0 Å². The van der Waals surface area contributed by atoms with Gasteiger partial charge in [0.25, 0.3) is 0 Å². The summed E-state index contributed by atoms with van der Waals surface area (Å²) in [5.41, 5.74) is 0.771. The molecule has 1 atom stereocenters. The van der Waals surface area contributed by atoms with E-state index in [1.807, 2.05) is 0 Å². The lowest BCUT2D eigenvalue weighted by atomic mass is 10.1. The predicted molar refractivity (Wildman–Crippen MR) is 54.0 cm³/mol. The Morgan fingerprint density at radius 2 is 2.44 bits per heavy atom. The summed E-state index contributed by atoms with van der Waals surface area (Å²) >= 11 is 0. The molecule has 7 heteroatoms. The van der Waals surface area contributed by atoms with Crippen molar-refractivity contribution in [2.45, 2.75) is 25.4 Å². The fourth-order valence-corrected chi connectivity index (χ4v) is 1.59. The van der Waals surface area contributed by atoms with Crippen LogP contribution in [0.1, 0.15) is 18.5 Å². The minimum Gasteiger partial charge on any atom is -0.300 e. The first-order valence-electron chi connectivity index (χ1n) is 5.07. The van der Waals surface area contributed by atoms with Crippen molar-refractivity contribution >= 4 is 11.8 Å². The van der Waals surface area contributed by atoms with Crippen molar-refractivity contribution < 1.29 is 9.59 Å². The van der Waals surface area contributed by atoms with Gasteiger partial charge in [0.1, 0.15) is 0 Å². The molecule has 1 saturated heterocycles. The van der Waals surface area contributed by atoms with Crippen LogP contribution in [0.4, 0.5) is 0 Å². The van der Waals surface area contributed by atoms with E-state index in [0.717, 1.165) is 5.69 Å². The maximum Gasteiger partial charge on any atom is 0.243 e. The SMILES string of the molecule is Cn1cc(CNC2CCC(=O)NC2=O)nn1. The average Bonchev–Trinajstić information content (AvgIpc) is 2.63. The molecule has 16 heavy (non-hydrogen) atoms. The Labute approximate surface area is 92.2 Å². The third-order valence-corrected chi connectivity index (χ3v) is 2.42. The minimum atomic E-state index is -0.320. The number of hydrogen-bond acceptors (Lipinski definition) is 5. The Kier molecular flexibility index (Phi) is 2.95. The van der Waals surface area contributed by atoms with E-state index in [-0.39, 0.29) is 17.9 Å². The lowest BCUT2D eigenvalue weighted by molar-refractivity contribution is -0.134. The van der Waals surface area contributed by atoms with Gasteiger partial charge in [0.2, 0.25) is 11.8 Å². The van der Waals surface area contributed by atoms with Crippen LogP contribution in [-0.2, 0) is 23.2 Å². The molecule has 0 radical (unpaired) electrons. The minimum absolute atomic E-state index is 0.206. The quantitative estimate of drug-likeness (QED) is 0.622. The highest BCUT2D eigenvalue weighted by molar-refractivity contribution is 6.00. The summed E-state index contributed by atoms with van der Waals surface area (Å²) in [7, 11) is 1.78. The number of nitrogens with one attached hydrogen (secondary N) is 2. The first-order valence-corrected chi connectivity index (χ1v) is 5.07. The molecular formula is C9H13N5O2. The lowest BCUT2D eigenvalue weighted by Crippen LogP contribution is -2.50. The summed E-state index contributed by atoms with van der Waals surface area (Å²) in [4.78, 5) is 22.3. The van der Waals surface area contributed by atoms with Crippen molar-refractivity contribution in [2.24, 2.45) is 7.05 Å². The number of carbonyl (C=O) groups excluding carboxylic acids is 2. The Hall–Kier alpha value is -1.76. The van der Waals surface area contributed by atoms with Gasteiger partial charge in [-0.3, -0.25) is 19.6 Å². The molecule has 0 saturated carbocycles. The summed E-state index contributed by atoms with van der Waals surface area (Å²) in [5, 5.41) is 13.0. The van der Waals surface area contributed by atoms with Gasteiger partial charge in [-0.15, -0.1) is 5.10 Å². The molecule has 7 nitrogen and oxygen atoms in total. The summed E-state index contributed by atoms with van der Waals surface area (Å²) in [6.45, 7) is 0.472. The fraction of sp³-hybridized carbons (Fsp3) is 0.556. The Bertz CT molecular complexity index is 414. The zero-order valence-corrected chi connectivity index (χ0v) is 8.93. The van der Waals surface area contributed by atoms with E-state index in [1.165, 1.54) is 0 Å². The van der Waals surface area contributed by atoms with Crippen LogP contribution in [0.25, 0.3) is 0 Å². The van der Waals surface area contributed by atoms with Crippen LogP contribution < -0.4 is 10.6 Å². The second-order valence-electron chi connectivity index (χ2n) is 3.77. The van der Waals surface area contributed by atoms with Gasteiger partial charge in [-0.05, 0) is 6.42 Å². The molecule has 2 N–H and O–H groups in total. The zero-order chi connectivity index (χ0) is 11.5. The van der Waals surface area contributed by atoms with Crippen molar-refractivity contribution in [3.05, 3.63) is 11.9 Å². The average molecular weight is 223 g/mol. The largest absolute Gasteiger partial charge is 0.300 e. The maximum absolute atomic E-state index is 11.4. The van der Waals surface area contributed by atoms with Crippen LogP contribution in [0.3, 0.4) is 0 Å². The Balaban J connectivity index is 1.86. The topological polar surface area (TPSA) is 88.9 Å². The van der Waals surface area contributed by atoms with Crippen molar-refractivity contribution in [1.29, 1.82) is 0 Å². The van der Waals surface area contributed by atoms with E-state index in [2.05, 4.69) is 20.9 Å². The van der Waals surface area contributed by atoms with E-state index < -0.39 is 0 Å². The second kappa shape index (κ2) is 4.40. The molecule has 0 aliphatic carbocycles. The highest BCUT2D eigenvalue weighted by Gasteiger charge is 2.25. The summed E-state index contributed by atoms with van der Waals surface area (Å²) < 4.78 is 1.60. The van der Waals surface area contributed by atoms with E-state index in [1.54, 1.807) is 17.9 Å². The molecule has 0 aromatic carbocycles. The summed E-state index contributed by atoms with van der Waals surface area (Å²) in [6, 6.07) is -0.320. The molecule has 1 unspecified atom stereocenters. The summed E-state index contributed by atoms with van der Waals surface area (Å²) in [5.74, 6) is -0.470. The maximum atomic E-state index is 11.4. The van der Waals surface area contributed by atoms with Crippen molar-refractivity contribution in [3.63, 3.8) is 0 Å². The first-order chi connectivity index (χ1) is 7.65. The van der Waals surface area contributed by atoms with Gasteiger partial charge in [-0.1, -0.05) is 5.21 Å². The highest BCUT2D eigenvalue weighted by atomic mass is 16.2. The standard InChI is InChI=1S/C9H13N5O2/c1-14-5-6(12-13-14)4-10-7-2-3-8(15)11-9(7)16/h5,7,10H,2-4H2,1H3,(H,11,15,16). The van der Waals surface area contributed by atoms with Crippen LogP contribution >= 0.6 is 0 Å². The second-order valence-corrected chi connectivity index (χ2v) is 3.77. The molecule has 0 spiro atoms. The monoisotopic (exact) mass is 223 g/mol. The van der Waals surface area contributed by atoms with Crippen LogP contribution in [0.15, 0.2) is 6.20 Å². The molecule has 86 valence electrons. The Morgan fingerprint density at radius 1 is 1.62 bits per heavy atom. The molecule has 1 aromatic heterocycles. The third-order valence-electron chi connectivity index (χ3n) is 2.42. The first kappa shape index (κ1) is 10.7. The molecule has 1 aromatic rings. The van der Waals surface area contributed by atoms with Gasteiger partial charge in [0.15, 0.2) is 0 Å². The van der Waals surface area contributed by atoms with E-state index in [9.17, 15) is 9.59 Å². The number of imide groups is 1. The van der Waals surface area contributed by atoms with Gasteiger partial charge >= 0.3 is 0 Å². The zero-order valence-electron chi connectivity index (χ0n) is 8.93. The van der Waals surface area contributed by atoms with Crippen LogP contribution in [0.5, 0.6) is 0 Å². The number of rotatable bonds is 3. The normalized spacial score (nSPS) is 20.9. The van der Waals surface area contributed by atoms with Gasteiger partial charge in [0.05, 0.1) is 11.7 Å². The number of aromatic nitrogens is 3. The van der Waals surface area contributed by atoms with Gasteiger partial charge in [0, 0.05) is 26.2 Å². The third kappa shape index (κ3) is 2.43. The molecule has 1 aliphatic heterocycles. The number of piperidine rings is 1. The molecule has 1 fully saturated rings. The van der Waals surface area contributed by atoms with Crippen LogP contribution in [-0.4, -0.2) is 32.9 Å². The number of carbonyl (C=O) groups is 2. The van der Waals surface area contributed by atoms with E-state index in [0.29, 0.717) is 19.4 Å². The fourth-order valence-electron chi connectivity index (χ4n) is 1.59. The van der Waals surface area contributed by atoms with Crippen LogP contribution in [0.2, 0.25) is 0 Å². The van der Waals surface area contributed by atoms with E-state index in [4.69, 9.17) is 0 Å². The van der Waals surface area contributed by atoms with E-state index >= 15 is 0 Å². The van der Waals surface area contributed by atoms with Crippen LogP contribution in [0, 0.1) is 0 Å². The molecular weight excluding hydrogens is 210 g/mol. The lowest BCUT2D eigenvalue weighted by Gasteiger charge is -2.21. The smallest absolute Gasteiger partial charge is 0.243 e. The predicted octanol–water partition coefficient (Wildman–Crippen LogP) is -1.29. The molecule has 0 bridgehead atoms. The summed E-state index contributed by atoms with van der Waals surface area (Å²) in [6.07, 6.45) is 2.69.